The van der Waals surface area contributed by atoms with E-state index in [0.29, 0.717) is 4.91 Å². The monoisotopic (exact) mass is 427 g/mol. The fraction of sp³-hybridized carbons (Fsp3) is 0.0476. The van der Waals surface area contributed by atoms with E-state index in [4.69, 9.17) is 17.3 Å². The molecule has 0 spiro atoms. The minimum atomic E-state index is -1.13. The zero-order chi connectivity index (χ0) is 21.0. The van der Waals surface area contributed by atoms with Crippen LogP contribution in [0.2, 0.25) is 0 Å². The number of allylic oxidation sites excluding steroid dienone is 1. The first kappa shape index (κ1) is 20.6. The lowest BCUT2D eigenvalue weighted by Crippen LogP contribution is -2.33. The summed E-state index contributed by atoms with van der Waals surface area (Å²) < 4.78 is 13.4. The van der Waals surface area contributed by atoms with Crippen molar-refractivity contribution in [1.82, 2.24) is 4.90 Å². The number of carboxylic acid groups (broad SMARTS) is 1. The van der Waals surface area contributed by atoms with E-state index >= 15 is 0 Å². The summed E-state index contributed by atoms with van der Waals surface area (Å²) in [7, 11) is 0. The van der Waals surface area contributed by atoms with Crippen LogP contribution in [0.4, 0.5) is 4.39 Å². The van der Waals surface area contributed by atoms with Gasteiger partial charge in [0.2, 0.25) is 0 Å². The van der Waals surface area contributed by atoms with Crippen molar-refractivity contribution in [3.05, 3.63) is 82.0 Å². The van der Waals surface area contributed by atoms with Crippen LogP contribution in [0.3, 0.4) is 0 Å². The number of carboxylic acids is 1. The molecule has 146 valence electrons. The quantitative estimate of drug-likeness (QED) is 0.427. The van der Waals surface area contributed by atoms with Crippen molar-refractivity contribution in [3.8, 4) is 0 Å². The zero-order valence-electron chi connectivity index (χ0n) is 14.9. The Bertz CT molecular complexity index is 1060. The molecule has 5 nitrogen and oxygen atoms in total. The average molecular weight is 427 g/mol. The number of carbonyl (C=O) groups excluding carboxylic acids is 2. The van der Waals surface area contributed by atoms with Crippen LogP contribution in [0.25, 0.3) is 12.2 Å². The highest BCUT2D eigenvalue weighted by molar-refractivity contribution is 8.26. The molecule has 3 rings (SSSR count). The SMILES string of the molecule is O=C(O)CN1C(=O)/C(=C\c2ccc(/C=C/C(=O)c3cccc(F)c3)cc2)SC1=S. The number of carbonyl (C=O) groups is 3. The summed E-state index contributed by atoms with van der Waals surface area (Å²) in [5.41, 5.74) is 1.75. The van der Waals surface area contributed by atoms with Crippen molar-refractivity contribution in [2.24, 2.45) is 0 Å². The largest absolute Gasteiger partial charge is 0.480 e. The van der Waals surface area contributed by atoms with Crippen molar-refractivity contribution >= 4 is 58.1 Å². The van der Waals surface area contributed by atoms with Gasteiger partial charge >= 0.3 is 5.97 Å². The third kappa shape index (κ3) is 5.24. The molecule has 1 fully saturated rings. The molecule has 0 aliphatic carbocycles. The molecule has 8 heteroatoms. The van der Waals surface area contributed by atoms with Gasteiger partial charge < -0.3 is 5.11 Å². The number of thioether (sulfide) groups is 1. The smallest absolute Gasteiger partial charge is 0.323 e. The summed E-state index contributed by atoms with van der Waals surface area (Å²) in [4.78, 5) is 36.6. The molecule has 0 unspecified atom stereocenters. The second-order valence-electron chi connectivity index (χ2n) is 6.04. The summed E-state index contributed by atoms with van der Waals surface area (Å²) in [6.45, 7) is -0.467. The molecule has 0 radical (unpaired) electrons. The molecule has 2 aromatic rings. The van der Waals surface area contributed by atoms with Crippen LogP contribution in [0.1, 0.15) is 21.5 Å². The molecule has 29 heavy (non-hydrogen) atoms. The van der Waals surface area contributed by atoms with Crippen LogP contribution >= 0.6 is 24.0 Å². The Morgan fingerprint density at radius 1 is 1.14 bits per heavy atom. The molecule has 1 heterocycles. The Kier molecular flexibility index (Phi) is 6.36. The molecular formula is C21H14FNO4S2. The molecule has 2 aromatic carbocycles. The lowest BCUT2D eigenvalue weighted by atomic mass is 10.1. The Morgan fingerprint density at radius 3 is 2.48 bits per heavy atom. The third-order valence-corrected chi connectivity index (χ3v) is 5.32. The molecule has 1 aliphatic rings. The number of rotatable bonds is 6. The normalized spacial score (nSPS) is 15.5. The maximum atomic E-state index is 13.2. The van der Waals surface area contributed by atoms with Crippen molar-refractivity contribution in [3.63, 3.8) is 0 Å². The number of hydrogen-bond acceptors (Lipinski definition) is 5. The molecule has 1 saturated heterocycles. The van der Waals surface area contributed by atoms with E-state index in [0.717, 1.165) is 27.8 Å². The first-order valence-corrected chi connectivity index (χ1v) is 9.61. The second-order valence-corrected chi connectivity index (χ2v) is 7.71. The summed E-state index contributed by atoms with van der Waals surface area (Å²) in [6, 6.07) is 12.5. The van der Waals surface area contributed by atoms with Crippen molar-refractivity contribution in [2.45, 2.75) is 0 Å². The third-order valence-electron chi connectivity index (χ3n) is 3.94. The fourth-order valence-corrected chi connectivity index (χ4v) is 3.79. The number of halogens is 1. The topological polar surface area (TPSA) is 74.7 Å². The van der Waals surface area contributed by atoms with Crippen LogP contribution in [0.15, 0.2) is 59.5 Å². The van der Waals surface area contributed by atoms with E-state index < -0.39 is 24.2 Å². The maximum absolute atomic E-state index is 13.2. The molecule has 1 aliphatic heterocycles. The zero-order valence-corrected chi connectivity index (χ0v) is 16.5. The van der Waals surface area contributed by atoms with E-state index in [1.54, 1.807) is 42.5 Å². The lowest BCUT2D eigenvalue weighted by Gasteiger charge is -2.10. The molecule has 0 atom stereocenters. The highest BCUT2D eigenvalue weighted by atomic mass is 32.2. The minimum Gasteiger partial charge on any atom is -0.480 e. The van der Waals surface area contributed by atoms with Crippen LogP contribution in [-0.4, -0.2) is 38.5 Å². The second kappa shape index (κ2) is 8.93. The summed E-state index contributed by atoms with van der Waals surface area (Å²) in [5.74, 6) is -2.35. The highest BCUT2D eigenvalue weighted by Crippen LogP contribution is 2.32. The molecule has 1 amide bonds. The van der Waals surface area contributed by atoms with Crippen molar-refractivity contribution in [2.75, 3.05) is 6.54 Å². The van der Waals surface area contributed by atoms with Gasteiger partial charge in [-0.2, -0.15) is 0 Å². The Labute approximate surface area is 175 Å². The number of amides is 1. The number of aliphatic carboxylic acids is 1. The van der Waals surface area contributed by atoms with Crippen molar-refractivity contribution in [1.29, 1.82) is 0 Å². The van der Waals surface area contributed by atoms with Gasteiger partial charge in [-0.05, 0) is 35.4 Å². The number of hydrogen-bond donors (Lipinski definition) is 1. The van der Waals surface area contributed by atoms with Crippen LogP contribution < -0.4 is 0 Å². The van der Waals surface area contributed by atoms with E-state index in [9.17, 15) is 18.8 Å². The number of ketones is 1. The van der Waals surface area contributed by atoms with Crippen LogP contribution in [-0.2, 0) is 9.59 Å². The summed E-state index contributed by atoms with van der Waals surface area (Å²) in [6.07, 6.45) is 4.61. The Balaban J connectivity index is 1.70. The van der Waals surface area contributed by atoms with E-state index in [1.165, 1.54) is 24.3 Å². The van der Waals surface area contributed by atoms with Gasteiger partial charge in [0.25, 0.3) is 5.91 Å². The molecular weight excluding hydrogens is 413 g/mol. The number of nitrogens with zero attached hydrogens (tertiary/aromatic N) is 1. The molecule has 0 saturated carbocycles. The average Bonchev–Trinajstić information content (AvgIpc) is 2.94. The number of thiocarbonyl (C=S) groups is 1. The fourth-order valence-electron chi connectivity index (χ4n) is 2.54. The highest BCUT2D eigenvalue weighted by Gasteiger charge is 2.33. The van der Waals surface area contributed by atoms with Crippen LogP contribution in [0, 0.1) is 5.82 Å². The van der Waals surface area contributed by atoms with E-state index in [2.05, 4.69) is 0 Å². The van der Waals surface area contributed by atoms with Gasteiger partial charge in [-0.15, -0.1) is 0 Å². The maximum Gasteiger partial charge on any atom is 0.323 e. The van der Waals surface area contributed by atoms with E-state index in [-0.39, 0.29) is 15.7 Å². The Morgan fingerprint density at radius 2 is 1.83 bits per heavy atom. The van der Waals surface area contributed by atoms with Gasteiger partial charge in [0.15, 0.2) is 5.78 Å². The van der Waals surface area contributed by atoms with Gasteiger partial charge in [0.1, 0.15) is 16.7 Å². The summed E-state index contributed by atoms with van der Waals surface area (Å²) in [5, 5.41) is 8.86. The van der Waals surface area contributed by atoms with Gasteiger partial charge in [0.05, 0.1) is 4.91 Å². The standard InChI is InChI=1S/C21H14FNO4S2/c22-16-3-1-2-15(11-16)17(24)9-8-13-4-6-14(7-5-13)10-18-20(27)23(12-19(25)26)21(28)29-18/h1-11H,12H2,(H,25,26)/b9-8+,18-10+. The van der Waals surface area contributed by atoms with Gasteiger partial charge in [0, 0.05) is 5.56 Å². The van der Waals surface area contributed by atoms with Crippen LogP contribution in [0.5, 0.6) is 0 Å². The lowest BCUT2D eigenvalue weighted by molar-refractivity contribution is -0.140. The first-order valence-electron chi connectivity index (χ1n) is 8.39. The first-order chi connectivity index (χ1) is 13.8. The van der Waals surface area contributed by atoms with E-state index in [1.807, 2.05) is 0 Å². The van der Waals surface area contributed by atoms with Gasteiger partial charge in [-0.25, -0.2) is 4.39 Å². The number of benzene rings is 2. The molecule has 0 aromatic heterocycles. The van der Waals surface area contributed by atoms with Crippen molar-refractivity contribution < 1.29 is 23.9 Å². The van der Waals surface area contributed by atoms with Gasteiger partial charge in [-0.1, -0.05) is 66.5 Å². The molecule has 1 N–H and O–H groups in total. The van der Waals surface area contributed by atoms with Gasteiger partial charge in [-0.3, -0.25) is 19.3 Å². The molecule has 0 bridgehead atoms. The predicted octanol–water partition coefficient (Wildman–Crippen LogP) is 4.01. The Hall–Kier alpha value is -3.10. The summed E-state index contributed by atoms with van der Waals surface area (Å²) >= 11 is 6.11. The predicted molar refractivity (Wildman–Crippen MR) is 114 cm³/mol. The minimum absolute atomic E-state index is 0.207.